The van der Waals surface area contributed by atoms with Crippen LogP contribution < -0.4 is 5.73 Å². The summed E-state index contributed by atoms with van der Waals surface area (Å²) in [4.78, 5) is 15.6. The number of nitrogens with zero attached hydrogens (tertiary/aromatic N) is 1. The zero-order valence-corrected chi connectivity index (χ0v) is 12.5. The van der Waals surface area contributed by atoms with Crippen LogP contribution in [0.4, 0.5) is 0 Å². The van der Waals surface area contributed by atoms with Gasteiger partial charge in [0.2, 0.25) is 0 Å². The second kappa shape index (κ2) is 7.29. The van der Waals surface area contributed by atoms with Gasteiger partial charge in [-0.1, -0.05) is 29.6 Å². The minimum Gasteiger partial charge on any atom is -0.461 e. The Balaban J connectivity index is 0.00000180. The molecular formula is C12H15Cl3N2O2. The molecule has 0 spiro atoms. The van der Waals surface area contributed by atoms with Crippen LogP contribution in [0.25, 0.3) is 0 Å². The summed E-state index contributed by atoms with van der Waals surface area (Å²) < 4.78 is 5.23. The maximum Gasteiger partial charge on any atom is 0.310 e. The van der Waals surface area contributed by atoms with Crippen molar-refractivity contribution in [2.45, 2.75) is 31.9 Å². The molecule has 19 heavy (non-hydrogen) atoms. The number of carbonyl (C=O) groups excluding carboxylic acids is 1. The normalized spacial score (nSPS) is 21.8. The molecule has 1 aromatic heterocycles. The van der Waals surface area contributed by atoms with Gasteiger partial charge in [-0.3, -0.25) is 4.79 Å². The van der Waals surface area contributed by atoms with E-state index in [2.05, 4.69) is 4.98 Å². The van der Waals surface area contributed by atoms with Crippen molar-refractivity contribution >= 4 is 41.6 Å². The highest BCUT2D eigenvalue weighted by molar-refractivity contribution is 6.32. The van der Waals surface area contributed by atoms with Gasteiger partial charge in [0.1, 0.15) is 16.9 Å². The Bertz CT molecular complexity index is 436. The smallest absolute Gasteiger partial charge is 0.310 e. The van der Waals surface area contributed by atoms with Crippen molar-refractivity contribution in [3.8, 4) is 0 Å². The Morgan fingerprint density at radius 1 is 1.37 bits per heavy atom. The van der Waals surface area contributed by atoms with Gasteiger partial charge in [-0.25, -0.2) is 4.98 Å². The van der Waals surface area contributed by atoms with Crippen molar-refractivity contribution in [1.29, 1.82) is 0 Å². The number of nitrogens with two attached hydrogens (primary N) is 1. The van der Waals surface area contributed by atoms with Crippen LogP contribution in [-0.2, 0) is 16.1 Å². The molecule has 0 saturated heterocycles. The van der Waals surface area contributed by atoms with Crippen molar-refractivity contribution in [3.05, 3.63) is 28.0 Å². The molecule has 0 aliphatic heterocycles. The third kappa shape index (κ3) is 4.49. The van der Waals surface area contributed by atoms with Gasteiger partial charge in [0, 0.05) is 6.04 Å². The van der Waals surface area contributed by atoms with E-state index in [-0.39, 0.29) is 47.2 Å². The highest BCUT2D eigenvalue weighted by Gasteiger charge is 2.31. The summed E-state index contributed by atoms with van der Waals surface area (Å²) in [5.41, 5.74) is 6.57. The molecule has 2 N–H and O–H groups in total. The average Bonchev–Trinajstić information content (AvgIpc) is 2.71. The van der Waals surface area contributed by atoms with Crippen molar-refractivity contribution < 1.29 is 9.53 Å². The van der Waals surface area contributed by atoms with Gasteiger partial charge >= 0.3 is 5.97 Å². The molecule has 1 aliphatic carbocycles. The standard InChI is InChI=1S/C12H14Cl2N2O2.ClH/c13-10-4-7(5-11(14)16-10)6-18-12(17)8-2-1-3-9(8)15;/h4-5,8-9H,1-3,6,15H2;1H/t8-,9+;/m0./s1. The third-order valence-electron chi connectivity index (χ3n) is 3.08. The van der Waals surface area contributed by atoms with E-state index in [0.717, 1.165) is 24.8 Å². The van der Waals surface area contributed by atoms with E-state index in [0.29, 0.717) is 0 Å². The van der Waals surface area contributed by atoms with Crippen LogP contribution in [0.3, 0.4) is 0 Å². The minimum absolute atomic E-state index is 0. The average molecular weight is 326 g/mol. The SMILES string of the molecule is Cl.N[C@@H]1CCC[C@@H]1C(=O)OCc1cc(Cl)nc(Cl)c1. The Morgan fingerprint density at radius 2 is 2.00 bits per heavy atom. The van der Waals surface area contributed by atoms with Crippen LogP contribution in [0.1, 0.15) is 24.8 Å². The summed E-state index contributed by atoms with van der Waals surface area (Å²) in [6.45, 7) is 0.143. The first kappa shape index (κ1) is 16.5. The molecule has 2 rings (SSSR count). The number of rotatable bonds is 3. The van der Waals surface area contributed by atoms with Gasteiger partial charge in [0.05, 0.1) is 5.92 Å². The number of hydrogen-bond donors (Lipinski definition) is 1. The van der Waals surface area contributed by atoms with E-state index >= 15 is 0 Å². The van der Waals surface area contributed by atoms with Crippen molar-refractivity contribution in [2.24, 2.45) is 11.7 Å². The third-order valence-corrected chi connectivity index (χ3v) is 3.46. The summed E-state index contributed by atoms with van der Waals surface area (Å²) in [5.74, 6) is -0.429. The number of ether oxygens (including phenoxy) is 1. The summed E-state index contributed by atoms with van der Waals surface area (Å²) in [7, 11) is 0. The summed E-state index contributed by atoms with van der Waals surface area (Å²) in [6.07, 6.45) is 2.67. The second-order valence-electron chi connectivity index (χ2n) is 4.43. The van der Waals surface area contributed by atoms with Crippen molar-refractivity contribution in [1.82, 2.24) is 4.98 Å². The first-order valence-corrected chi connectivity index (χ1v) is 6.56. The monoisotopic (exact) mass is 324 g/mol. The molecule has 0 radical (unpaired) electrons. The van der Waals surface area contributed by atoms with E-state index in [1.165, 1.54) is 0 Å². The molecule has 0 amide bonds. The zero-order valence-electron chi connectivity index (χ0n) is 10.1. The number of pyridine rings is 1. The van der Waals surface area contributed by atoms with E-state index in [4.69, 9.17) is 33.7 Å². The molecule has 0 bridgehead atoms. The van der Waals surface area contributed by atoms with Crippen LogP contribution in [-0.4, -0.2) is 17.0 Å². The quantitative estimate of drug-likeness (QED) is 0.685. The van der Waals surface area contributed by atoms with Gasteiger partial charge in [0.15, 0.2) is 0 Å². The molecule has 1 heterocycles. The molecule has 0 unspecified atom stereocenters. The maximum absolute atomic E-state index is 11.8. The predicted octanol–water partition coefficient (Wildman–Crippen LogP) is 2.98. The summed E-state index contributed by atoms with van der Waals surface area (Å²) in [5, 5.41) is 0.567. The van der Waals surface area contributed by atoms with Crippen molar-refractivity contribution in [3.63, 3.8) is 0 Å². The fraction of sp³-hybridized carbons (Fsp3) is 0.500. The molecule has 1 aliphatic rings. The van der Waals surface area contributed by atoms with Gasteiger partial charge < -0.3 is 10.5 Å². The first-order valence-electron chi connectivity index (χ1n) is 5.80. The van der Waals surface area contributed by atoms with Gasteiger partial charge in [-0.05, 0) is 30.5 Å². The summed E-state index contributed by atoms with van der Waals surface area (Å²) >= 11 is 11.5. The number of esters is 1. The molecule has 1 aromatic rings. The highest BCUT2D eigenvalue weighted by Crippen LogP contribution is 2.25. The number of carbonyl (C=O) groups is 1. The molecular weight excluding hydrogens is 311 g/mol. The fourth-order valence-corrected chi connectivity index (χ4v) is 2.65. The number of aromatic nitrogens is 1. The van der Waals surface area contributed by atoms with E-state index in [9.17, 15) is 4.79 Å². The molecule has 2 atom stereocenters. The number of hydrogen-bond acceptors (Lipinski definition) is 4. The first-order chi connectivity index (χ1) is 8.56. The molecule has 1 fully saturated rings. The van der Waals surface area contributed by atoms with Crippen molar-refractivity contribution in [2.75, 3.05) is 0 Å². The molecule has 4 nitrogen and oxygen atoms in total. The Kier molecular flexibility index (Phi) is 6.33. The lowest BCUT2D eigenvalue weighted by molar-refractivity contribution is -0.150. The zero-order chi connectivity index (χ0) is 13.1. The topological polar surface area (TPSA) is 65.2 Å². The van der Waals surface area contributed by atoms with Crippen LogP contribution in [0.2, 0.25) is 10.3 Å². The van der Waals surface area contributed by atoms with Crippen LogP contribution in [0, 0.1) is 5.92 Å². The van der Waals surface area contributed by atoms with E-state index in [1.54, 1.807) is 12.1 Å². The Labute approximate surface area is 128 Å². The summed E-state index contributed by atoms with van der Waals surface area (Å²) in [6, 6.07) is 3.16. The van der Waals surface area contributed by atoms with Crippen LogP contribution >= 0.6 is 35.6 Å². The lowest BCUT2D eigenvalue weighted by Gasteiger charge is -2.14. The molecule has 7 heteroatoms. The Morgan fingerprint density at radius 3 is 2.53 bits per heavy atom. The second-order valence-corrected chi connectivity index (χ2v) is 5.20. The highest BCUT2D eigenvalue weighted by atomic mass is 35.5. The molecule has 0 aromatic carbocycles. The van der Waals surface area contributed by atoms with Gasteiger partial charge in [-0.2, -0.15) is 0 Å². The van der Waals surface area contributed by atoms with Crippen LogP contribution in [0.15, 0.2) is 12.1 Å². The Hall–Kier alpha value is -0.550. The van der Waals surface area contributed by atoms with Gasteiger partial charge in [0.25, 0.3) is 0 Å². The molecule has 106 valence electrons. The lowest BCUT2D eigenvalue weighted by Crippen LogP contribution is -2.31. The number of halogens is 3. The predicted molar refractivity (Wildman–Crippen MR) is 76.6 cm³/mol. The fourth-order valence-electron chi connectivity index (χ4n) is 2.14. The lowest BCUT2D eigenvalue weighted by atomic mass is 10.1. The largest absolute Gasteiger partial charge is 0.461 e. The maximum atomic E-state index is 11.8. The minimum atomic E-state index is -0.246. The van der Waals surface area contributed by atoms with E-state index in [1.807, 2.05) is 0 Å². The van der Waals surface area contributed by atoms with Gasteiger partial charge in [-0.15, -0.1) is 12.4 Å². The van der Waals surface area contributed by atoms with E-state index < -0.39 is 0 Å². The molecule has 1 saturated carbocycles. The van der Waals surface area contributed by atoms with Crippen LogP contribution in [0.5, 0.6) is 0 Å².